The third-order valence-corrected chi connectivity index (χ3v) is 6.39. The largest absolute Gasteiger partial charge is 0.416 e. The summed E-state index contributed by atoms with van der Waals surface area (Å²) in [4.78, 5) is 12.6. The molecule has 1 fully saturated rings. The van der Waals surface area contributed by atoms with Gasteiger partial charge >= 0.3 is 6.18 Å². The molecule has 1 aliphatic rings. The van der Waals surface area contributed by atoms with E-state index in [-0.39, 0.29) is 27.0 Å². The maximum absolute atomic E-state index is 12.7. The lowest BCUT2D eigenvalue weighted by molar-refractivity contribution is -0.137. The standard InChI is InChI=1S/C17H13Cl2F3N2O3S/c18-10-2-6-14(24-28(26,27)11-3-4-11)12(8-10)16(25)23-15-5-1-9(7-13(15)19)17(20,21)22/h1-2,5-8,11,24H,3-4H2,(H,23,25). The fourth-order valence-corrected chi connectivity index (χ4v) is 4.20. The normalized spacial score (nSPS) is 14.6. The minimum Gasteiger partial charge on any atom is -0.321 e. The molecule has 3 rings (SSSR count). The van der Waals surface area contributed by atoms with Crippen LogP contribution in [0.5, 0.6) is 0 Å². The quantitative estimate of drug-likeness (QED) is 0.656. The molecule has 0 radical (unpaired) electrons. The van der Waals surface area contributed by atoms with Gasteiger partial charge in [0.15, 0.2) is 0 Å². The number of amides is 1. The Bertz CT molecular complexity index is 1040. The van der Waals surface area contributed by atoms with E-state index in [1.807, 2.05) is 0 Å². The van der Waals surface area contributed by atoms with Crippen molar-refractivity contribution in [1.82, 2.24) is 0 Å². The number of rotatable bonds is 5. The highest BCUT2D eigenvalue weighted by Crippen LogP contribution is 2.35. The summed E-state index contributed by atoms with van der Waals surface area (Å²) < 4.78 is 64.9. The van der Waals surface area contributed by atoms with E-state index in [4.69, 9.17) is 23.2 Å². The Morgan fingerprint density at radius 3 is 2.25 bits per heavy atom. The van der Waals surface area contributed by atoms with Gasteiger partial charge in [-0.25, -0.2) is 8.42 Å². The summed E-state index contributed by atoms with van der Waals surface area (Å²) in [6, 6.07) is 6.48. The maximum atomic E-state index is 12.7. The molecule has 0 heterocycles. The monoisotopic (exact) mass is 452 g/mol. The molecule has 2 N–H and O–H groups in total. The summed E-state index contributed by atoms with van der Waals surface area (Å²) >= 11 is 11.7. The van der Waals surface area contributed by atoms with E-state index in [1.165, 1.54) is 18.2 Å². The summed E-state index contributed by atoms with van der Waals surface area (Å²) in [6.45, 7) is 0. The highest BCUT2D eigenvalue weighted by Gasteiger charge is 2.36. The van der Waals surface area contributed by atoms with E-state index < -0.39 is 32.9 Å². The fourth-order valence-electron chi connectivity index (χ4n) is 2.39. The first kappa shape index (κ1) is 20.8. The first-order chi connectivity index (χ1) is 13.0. The molecule has 0 spiro atoms. The zero-order valence-corrected chi connectivity index (χ0v) is 16.3. The molecule has 0 bridgehead atoms. The third-order valence-electron chi connectivity index (χ3n) is 3.99. The second kappa shape index (κ2) is 7.46. The van der Waals surface area contributed by atoms with Gasteiger partial charge in [0.1, 0.15) is 0 Å². The van der Waals surface area contributed by atoms with Crippen LogP contribution in [0, 0.1) is 0 Å². The molecular weight excluding hydrogens is 440 g/mol. The van der Waals surface area contributed by atoms with Gasteiger partial charge in [-0.2, -0.15) is 13.2 Å². The van der Waals surface area contributed by atoms with Gasteiger partial charge in [-0.3, -0.25) is 9.52 Å². The zero-order valence-electron chi connectivity index (χ0n) is 14.0. The van der Waals surface area contributed by atoms with Crippen LogP contribution in [-0.2, 0) is 16.2 Å². The maximum Gasteiger partial charge on any atom is 0.416 e. The lowest BCUT2D eigenvalue weighted by Crippen LogP contribution is -2.21. The Hall–Kier alpha value is -1.97. The number of carbonyl (C=O) groups is 1. The number of benzene rings is 2. The Labute approximate surface area is 168 Å². The number of sulfonamides is 1. The van der Waals surface area contributed by atoms with Crippen LogP contribution >= 0.6 is 23.2 Å². The zero-order chi connectivity index (χ0) is 20.7. The Morgan fingerprint density at radius 2 is 1.68 bits per heavy atom. The first-order valence-electron chi connectivity index (χ1n) is 7.96. The van der Waals surface area contributed by atoms with Gasteiger partial charge < -0.3 is 5.32 Å². The number of hydrogen-bond acceptors (Lipinski definition) is 3. The predicted octanol–water partition coefficient (Wildman–Crippen LogP) is 5.17. The second-order valence-electron chi connectivity index (χ2n) is 6.18. The van der Waals surface area contributed by atoms with Crippen molar-refractivity contribution in [2.75, 3.05) is 10.0 Å². The summed E-state index contributed by atoms with van der Waals surface area (Å²) in [5, 5.41) is 1.73. The van der Waals surface area contributed by atoms with Crippen LogP contribution in [-0.4, -0.2) is 19.6 Å². The first-order valence-corrected chi connectivity index (χ1v) is 10.3. The van der Waals surface area contributed by atoms with E-state index in [0.717, 1.165) is 12.1 Å². The predicted molar refractivity (Wildman–Crippen MR) is 101 cm³/mol. The third kappa shape index (κ3) is 4.71. The van der Waals surface area contributed by atoms with Crippen molar-refractivity contribution in [3.8, 4) is 0 Å². The molecule has 11 heteroatoms. The molecule has 28 heavy (non-hydrogen) atoms. The molecule has 0 aliphatic heterocycles. The lowest BCUT2D eigenvalue weighted by Gasteiger charge is -2.14. The smallest absolute Gasteiger partial charge is 0.321 e. The SMILES string of the molecule is O=C(Nc1ccc(C(F)(F)F)cc1Cl)c1cc(Cl)ccc1NS(=O)(=O)C1CC1. The molecule has 1 saturated carbocycles. The van der Waals surface area contributed by atoms with Crippen molar-refractivity contribution in [2.24, 2.45) is 0 Å². The van der Waals surface area contributed by atoms with Crippen LogP contribution in [0.2, 0.25) is 10.0 Å². The molecular formula is C17H13Cl2F3N2O3S. The number of hydrogen-bond donors (Lipinski definition) is 2. The molecule has 0 saturated heterocycles. The average Bonchev–Trinajstić information content (AvgIpc) is 3.42. The molecule has 2 aromatic rings. The summed E-state index contributed by atoms with van der Waals surface area (Å²) in [5.74, 6) is -0.780. The van der Waals surface area contributed by atoms with Crippen LogP contribution in [0.25, 0.3) is 0 Å². The van der Waals surface area contributed by atoms with Gasteiger partial charge in [-0.15, -0.1) is 0 Å². The van der Waals surface area contributed by atoms with E-state index in [1.54, 1.807) is 0 Å². The van der Waals surface area contributed by atoms with Crippen molar-refractivity contribution < 1.29 is 26.4 Å². The number of alkyl halides is 3. The van der Waals surface area contributed by atoms with Crippen LogP contribution in [0.1, 0.15) is 28.8 Å². The van der Waals surface area contributed by atoms with Crippen LogP contribution in [0.3, 0.4) is 0 Å². The van der Waals surface area contributed by atoms with E-state index in [2.05, 4.69) is 10.0 Å². The van der Waals surface area contributed by atoms with Crippen LogP contribution in [0.15, 0.2) is 36.4 Å². The molecule has 0 unspecified atom stereocenters. The minimum absolute atomic E-state index is 0.0110. The highest BCUT2D eigenvalue weighted by molar-refractivity contribution is 7.93. The molecule has 1 amide bonds. The molecule has 0 aromatic heterocycles. The number of carbonyl (C=O) groups excluding carboxylic acids is 1. The summed E-state index contributed by atoms with van der Waals surface area (Å²) in [5.41, 5.74) is -1.10. The molecule has 2 aromatic carbocycles. The van der Waals surface area contributed by atoms with Crippen LogP contribution in [0.4, 0.5) is 24.5 Å². The van der Waals surface area contributed by atoms with Gasteiger partial charge in [0.05, 0.1) is 32.8 Å². The Balaban J connectivity index is 1.87. The van der Waals surface area contributed by atoms with Gasteiger partial charge in [-0.1, -0.05) is 23.2 Å². The van der Waals surface area contributed by atoms with Gasteiger partial charge in [0.25, 0.3) is 5.91 Å². The molecule has 1 aliphatic carbocycles. The lowest BCUT2D eigenvalue weighted by atomic mass is 10.1. The topological polar surface area (TPSA) is 75.3 Å². The Kier molecular flexibility index (Phi) is 5.53. The number of halogens is 5. The van der Waals surface area contributed by atoms with E-state index in [0.29, 0.717) is 18.9 Å². The van der Waals surface area contributed by atoms with Crippen molar-refractivity contribution in [2.45, 2.75) is 24.3 Å². The molecule has 0 atom stereocenters. The number of anilines is 2. The van der Waals surface area contributed by atoms with E-state index in [9.17, 15) is 26.4 Å². The molecule has 150 valence electrons. The van der Waals surface area contributed by atoms with Crippen molar-refractivity contribution >= 4 is 50.5 Å². The number of nitrogens with one attached hydrogen (secondary N) is 2. The second-order valence-corrected chi connectivity index (χ2v) is 8.99. The van der Waals surface area contributed by atoms with Gasteiger partial charge in [0, 0.05) is 5.02 Å². The van der Waals surface area contributed by atoms with Gasteiger partial charge in [-0.05, 0) is 49.2 Å². The van der Waals surface area contributed by atoms with Crippen molar-refractivity contribution in [3.63, 3.8) is 0 Å². The Morgan fingerprint density at radius 1 is 1.04 bits per heavy atom. The summed E-state index contributed by atoms with van der Waals surface area (Å²) in [6.07, 6.45) is -3.51. The average molecular weight is 453 g/mol. The van der Waals surface area contributed by atoms with E-state index >= 15 is 0 Å². The van der Waals surface area contributed by atoms with Crippen molar-refractivity contribution in [3.05, 3.63) is 57.6 Å². The van der Waals surface area contributed by atoms with Gasteiger partial charge in [0.2, 0.25) is 10.0 Å². The highest BCUT2D eigenvalue weighted by atomic mass is 35.5. The molecule has 5 nitrogen and oxygen atoms in total. The van der Waals surface area contributed by atoms with Crippen molar-refractivity contribution in [1.29, 1.82) is 0 Å². The van der Waals surface area contributed by atoms with Crippen LogP contribution < -0.4 is 10.0 Å². The summed E-state index contributed by atoms with van der Waals surface area (Å²) in [7, 11) is -3.64. The fraction of sp³-hybridized carbons (Fsp3) is 0.235. The minimum atomic E-state index is -4.58.